The maximum absolute atomic E-state index is 5.96. The van der Waals surface area contributed by atoms with Gasteiger partial charge in [0.1, 0.15) is 5.75 Å². The van der Waals surface area contributed by atoms with Gasteiger partial charge in [0.15, 0.2) is 0 Å². The molecule has 0 heterocycles. The molecule has 0 bridgehead atoms. The highest BCUT2D eigenvalue weighted by Crippen LogP contribution is 2.23. The van der Waals surface area contributed by atoms with Crippen molar-refractivity contribution >= 4 is 22.8 Å². The number of methoxy groups -OCH3 is 1. The molecule has 0 amide bonds. The first-order valence-electron chi connectivity index (χ1n) is 8.43. The molecule has 0 fully saturated rings. The Morgan fingerprint density at radius 2 is 1.65 bits per heavy atom. The Kier molecular flexibility index (Phi) is 5.44. The van der Waals surface area contributed by atoms with Gasteiger partial charge in [-0.15, -0.1) is 0 Å². The number of rotatable bonds is 7. The average molecular weight is 345 g/mol. The lowest BCUT2D eigenvalue weighted by Gasteiger charge is -2.13. The predicted octanol–water partition coefficient (Wildman–Crippen LogP) is 4.97. The minimum Gasteiger partial charge on any atom is -0.497 e. The summed E-state index contributed by atoms with van der Waals surface area (Å²) in [4.78, 5) is 0. The van der Waals surface area contributed by atoms with Crippen molar-refractivity contribution < 1.29 is 4.74 Å². The van der Waals surface area contributed by atoms with Gasteiger partial charge in [-0.25, -0.2) is 0 Å². The van der Waals surface area contributed by atoms with E-state index in [9.17, 15) is 0 Å². The standard InChI is InChI=1S/C22H23N3O/c1-16(25-22-6-4-3-5-21(22)23)18-9-11-19(12-10-18)24-15-17-7-13-20(26-2)14-8-17/h3-14,24-25H,1,15,23H2,2H3. The number of nitrogen functional groups attached to an aromatic ring is 1. The second-order valence-corrected chi connectivity index (χ2v) is 5.97. The van der Waals surface area contributed by atoms with Gasteiger partial charge in [0, 0.05) is 17.9 Å². The topological polar surface area (TPSA) is 59.3 Å². The van der Waals surface area contributed by atoms with Gasteiger partial charge in [0.25, 0.3) is 0 Å². The first-order chi connectivity index (χ1) is 12.7. The number of ether oxygens (including phenoxy) is 1. The van der Waals surface area contributed by atoms with Crippen molar-refractivity contribution in [1.29, 1.82) is 0 Å². The van der Waals surface area contributed by atoms with Crippen LogP contribution in [0.15, 0.2) is 79.4 Å². The highest BCUT2D eigenvalue weighted by Gasteiger charge is 2.03. The molecule has 0 aromatic heterocycles. The summed E-state index contributed by atoms with van der Waals surface area (Å²) in [5.74, 6) is 0.864. The number of hydrogen-bond donors (Lipinski definition) is 3. The molecule has 0 saturated carbocycles. The molecular weight excluding hydrogens is 322 g/mol. The largest absolute Gasteiger partial charge is 0.497 e. The van der Waals surface area contributed by atoms with Crippen LogP contribution in [0.4, 0.5) is 17.1 Å². The van der Waals surface area contributed by atoms with Gasteiger partial charge in [-0.1, -0.05) is 43.0 Å². The van der Waals surface area contributed by atoms with Crippen LogP contribution in [0.25, 0.3) is 5.70 Å². The SMILES string of the molecule is C=C(Nc1ccccc1N)c1ccc(NCc2ccc(OC)cc2)cc1. The lowest BCUT2D eigenvalue weighted by Crippen LogP contribution is -2.02. The van der Waals surface area contributed by atoms with E-state index in [-0.39, 0.29) is 0 Å². The molecule has 0 atom stereocenters. The third-order valence-electron chi connectivity index (χ3n) is 4.14. The van der Waals surface area contributed by atoms with E-state index in [0.717, 1.165) is 34.9 Å². The van der Waals surface area contributed by atoms with E-state index in [1.54, 1.807) is 7.11 Å². The van der Waals surface area contributed by atoms with Crippen LogP contribution in [-0.4, -0.2) is 7.11 Å². The number of hydrogen-bond acceptors (Lipinski definition) is 4. The molecule has 0 radical (unpaired) electrons. The normalized spacial score (nSPS) is 10.2. The Morgan fingerprint density at radius 3 is 2.31 bits per heavy atom. The first-order valence-corrected chi connectivity index (χ1v) is 8.43. The van der Waals surface area contributed by atoms with Gasteiger partial charge in [-0.2, -0.15) is 0 Å². The van der Waals surface area contributed by atoms with E-state index in [1.807, 2.05) is 60.7 Å². The lowest BCUT2D eigenvalue weighted by atomic mass is 10.1. The van der Waals surface area contributed by atoms with Crippen molar-refractivity contribution in [2.45, 2.75) is 6.54 Å². The van der Waals surface area contributed by atoms with Crippen molar-refractivity contribution in [3.63, 3.8) is 0 Å². The van der Waals surface area contributed by atoms with Crippen molar-refractivity contribution in [3.05, 3.63) is 90.5 Å². The highest BCUT2D eigenvalue weighted by molar-refractivity contribution is 5.81. The van der Waals surface area contributed by atoms with Crippen molar-refractivity contribution in [3.8, 4) is 5.75 Å². The summed E-state index contributed by atoms with van der Waals surface area (Å²) in [6.45, 7) is 4.86. The van der Waals surface area contributed by atoms with Crippen LogP contribution >= 0.6 is 0 Å². The Hall–Kier alpha value is -3.40. The Balaban J connectivity index is 1.59. The Morgan fingerprint density at radius 1 is 0.962 bits per heavy atom. The Labute approximate surface area is 154 Å². The molecule has 0 spiro atoms. The van der Waals surface area contributed by atoms with Crippen LogP contribution < -0.4 is 21.1 Å². The maximum atomic E-state index is 5.96. The molecule has 132 valence electrons. The molecule has 4 heteroatoms. The van der Waals surface area contributed by atoms with Crippen LogP contribution in [0.1, 0.15) is 11.1 Å². The molecule has 0 aliphatic heterocycles. The smallest absolute Gasteiger partial charge is 0.118 e. The molecule has 3 aromatic carbocycles. The number of para-hydroxylation sites is 2. The molecule has 0 saturated heterocycles. The molecule has 4 nitrogen and oxygen atoms in total. The van der Waals surface area contributed by atoms with Crippen molar-refractivity contribution in [2.24, 2.45) is 0 Å². The summed E-state index contributed by atoms with van der Waals surface area (Å²) < 4.78 is 5.18. The number of anilines is 3. The van der Waals surface area contributed by atoms with Gasteiger partial charge in [-0.3, -0.25) is 0 Å². The average Bonchev–Trinajstić information content (AvgIpc) is 2.69. The fourth-order valence-electron chi connectivity index (χ4n) is 2.58. The summed E-state index contributed by atoms with van der Waals surface area (Å²) in [6, 6.07) is 23.8. The van der Waals surface area contributed by atoms with Crippen LogP contribution in [0.2, 0.25) is 0 Å². The van der Waals surface area contributed by atoms with E-state index in [2.05, 4.69) is 29.3 Å². The minimum absolute atomic E-state index is 0.700. The monoisotopic (exact) mass is 345 g/mol. The highest BCUT2D eigenvalue weighted by atomic mass is 16.5. The van der Waals surface area contributed by atoms with E-state index < -0.39 is 0 Å². The summed E-state index contributed by atoms with van der Waals surface area (Å²) in [7, 11) is 1.67. The third-order valence-corrected chi connectivity index (χ3v) is 4.14. The zero-order chi connectivity index (χ0) is 18.4. The molecule has 3 rings (SSSR count). The number of nitrogens with one attached hydrogen (secondary N) is 2. The zero-order valence-electron chi connectivity index (χ0n) is 14.8. The summed E-state index contributed by atoms with van der Waals surface area (Å²) >= 11 is 0. The zero-order valence-corrected chi connectivity index (χ0v) is 14.8. The van der Waals surface area contributed by atoms with Crippen molar-refractivity contribution in [2.75, 3.05) is 23.5 Å². The fourth-order valence-corrected chi connectivity index (χ4v) is 2.58. The quantitative estimate of drug-likeness (QED) is 0.529. The van der Waals surface area contributed by atoms with Gasteiger partial charge < -0.3 is 21.1 Å². The maximum Gasteiger partial charge on any atom is 0.118 e. The predicted molar refractivity (Wildman–Crippen MR) is 110 cm³/mol. The first kappa shape index (κ1) is 17.4. The van der Waals surface area contributed by atoms with Crippen LogP contribution in [0.3, 0.4) is 0 Å². The number of nitrogens with two attached hydrogens (primary N) is 1. The lowest BCUT2D eigenvalue weighted by molar-refractivity contribution is 0.414. The Bertz CT molecular complexity index is 871. The molecule has 0 aliphatic rings. The van der Waals surface area contributed by atoms with Crippen LogP contribution in [0, 0.1) is 0 Å². The molecule has 26 heavy (non-hydrogen) atoms. The van der Waals surface area contributed by atoms with E-state index in [0.29, 0.717) is 5.69 Å². The molecule has 4 N–H and O–H groups in total. The van der Waals surface area contributed by atoms with E-state index >= 15 is 0 Å². The summed E-state index contributed by atoms with van der Waals surface area (Å²) in [6.07, 6.45) is 0. The molecule has 0 unspecified atom stereocenters. The van der Waals surface area contributed by atoms with E-state index in [1.165, 1.54) is 5.56 Å². The minimum atomic E-state index is 0.700. The number of benzene rings is 3. The third kappa shape index (κ3) is 4.36. The molecular formula is C22H23N3O. The van der Waals surface area contributed by atoms with Gasteiger partial charge >= 0.3 is 0 Å². The van der Waals surface area contributed by atoms with E-state index in [4.69, 9.17) is 10.5 Å². The van der Waals surface area contributed by atoms with Crippen LogP contribution in [-0.2, 0) is 6.54 Å². The molecule has 3 aromatic rings. The van der Waals surface area contributed by atoms with Crippen LogP contribution in [0.5, 0.6) is 5.75 Å². The van der Waals surface area contributed by atoms with Gasteiger partial charge in [0.2, 0.25) is 0 Å². The van der Waals surface area contributed by atoms with Crippen molar-refractivity contribution in [1.82, 2.24) is 0 Å². The summed E-state index contributed by atoms with van der Waals surface area (Å²) in [5.41, 5.74) is 11.6. The second kappa shape index (κ2) is 8.12. The molecule has 0 aliphatic carbocycles. The van der Waals surface area contributed by atoms with Gasteiger partial charge in [-0.05, 0) is 47.5 Å². The summed E-state index contributed by atoms with van der Waals surface area (Å²) in [5, 5.41) is 6.68. The van der Waals surface area contributed by atoms with Gasteiger partial charge in [0.05, 0.1) is 18.5 Å². The second-order valence-electron chi connectivity index (χ2n) is 5.97. The fraction of sp³-hybridized carbons (Fsp3) is 0.0909.